The lowest BCUT2D eigenvalue weighted by Gasteiger charge is -2.39. The molecule has 3 heteroatoms. The molecule has 2 N–H and O–H groups in total. The van der Waals surface area contributed by atoms with E-state index in [1.807, 2.05) is 12.1 Å². The van der Waals surface area contributed by atoms with Gasteiger partial charge in [0.2, 0.25) is 0 Å². The minimum atomic E-state index is -0.178. The number of ether oxygens (including phenoxy) is 1. The molecule has 1 aliphatic rings. The van der Waals surface area contributed by atoms with Crippen molar-refractivity contribution in [2.75, 3.05) is 13.2 Å². The van der Waals surface area contributed by atoms with Crippen LogP contribution in [0.5, 0.6) is 0 Å². The third-order valence-corrected chi connectivity index (χ3v) is 4.08. The number of rotatable bonds is 4. The molecular weight excluding hydrogens is 241 g/mol. The van der Waals surface area contributed by atoms with Crippen LogP contribution in [-0.4, -0.2) is 18.8 Å². The normalized spacial score (nSPS) is 24.1. The molecule has 0 aromatic heterocycles. The van der Waals surface area contributed by atoms with E-state index in [0.717, 1.165) is 25.9 Å². The number of benzene rings is 1. The molecule has 19 heavy (non-hydrogen) atoms. The van der Waals surface area contributed by atoms with Crippen molar-refractivity contribution in [3.63, 3.8) is 0 Å². The molecule has 1 aliphatic heterocycles. The van der Waals surface area contributed by atoms with Gasteiger partial charge in [-0.25, -0.2) is 4.39 Å². The highest BCUT2D eigenvalue weighted by atomic mass is 19.1. The minimum absolute atomic E-state index is 0.0597. The van der Waals surface area contributed by atoms with Crippen LogP contribution in [0.4, 0.5) is 4.39 Å². The van der Waals surface area contributed by atoms with Crippen LogP contribution in [0, 0.1) is 11.7 Å². The molecular formula is C16H24FNO. The highest BCUT2D eigenvalue weighted by molar-refractivity contribution is 5.21. The predicted octanol–water partition coefficient (Wildman–Crippen LogP) is 3.46. The smallest absolute Gasteiger partial charge is 0.123 e. The molecule has 0 aliphatic carbocycles. The Balaban J connectivity index is 2.17. The first-order valence-corrected chi connectivity index (χ1v) is 7.11. The quantitative estimate of drug-likeness (QED) is 0.904. The Labute approximate surface area is 115 Å². The second kappa shape index (κ2) is 6.02. The van der Waals surface area contributed by atoms with Gasteiger partial charge >= 0.3 is 0 Å². The maximum atomic E-state index is 13.1. The molecule has 106 valence electrons. The van der Waals surface area contributed by atoms with Crippen LogP contribution in [0.15, 0.2) is 24.3 Å². The Kier molecular flexibility index (Phi) is 4.58. The predicted molar refractivity (Wildman–Crippen MR) is 75.6 cm³/mol. The highest BCUT2D eigenvalue weighted by Crippen LogP contribution is 2.39. The lowest BCUT2D eigenvalue weighted by atomic mass is 9.75. The fraction of sp³-hybridized carbons (Fsp3) is 0.625. The molecule has 2 nitrogen and oxygen atoms in total. The van der Waals surface area contributed by atoms with E-state index in [1.54, 1.807) is 12.1 Å². The van der Waals surface area contributed by atoms with E-state index in [4.69, 9.17) is 10.5 Å². The van der Waals surface area contributed by atoms with Crippen molar-refractivity contribution in [3.8, 4) is 0 Å². The molecule has 1 aromatic carbocycles. The first kappa shape index (κ1) is 14.5. The molecule has 0 radical (unpaired) electrons. The monoisotopic (exact) mass is 265 g/mol. The molecule has 1 saturated heterocycles. The van der Waals surface area contributed by atoms with E-state index < -0.39 is 0 Å². The molecule has 0 bridgehead atoms. The summed E-state index contributed by atoms with van der Waals surface area (Å²) in [5.41, 5.74) is 6.91. The van der Waals surface area contributed by atoms with Gasteiger partial charge in [-0.3, -0.25) is 0 Å². The van der Waals surface area contributed by atoms with E-state index in [9.17, 15) is 4.39 Å². The molecule has 1 aromatic rings. The summed E-state index contributed by atoms with van der Waals surface area (Å²) < 4.78 is 18.8. The topological polar surface area (TPSA) is 35.2 Å². The molecule has 2 rings (SSSR count). The maximum absolute atomic E-state index is 13.1. The summed E-state index contributed by atoms with van der Waals surface area (Å²) >= 11 is 0. The first-order chi connectivity index (χ1) is 9.02. The highest BCUT2D eigenvalue weighted by Gasteiger charge is 2.33. The zero-order valence-electron chi connectivity index (χ0n) is 11.9. The van der Waals surface area contributed by atoms with E-state index >= 15 is 0 Å². The van der Waals surface area contributed by atoms with Crippen LogP contribution in [0.1, 0.15) is 44.6 Å². The summed E-state index contributed by atoms with van der Waals surface area (Å²) in [7, 11) is 0. The number of hydrogen-bond acceptors (Lipinski definition) is 2. The van der Waals surface area contributed by atoms with E-state index in [1.165, 1.54) is 5.56 Å². The van der Waals surface area contributed by atoms with Crippen molar-refractivity contribution >= 4 is 0 Å². The van der Waals surface area contributed by atoms with Crippen molar-refractivity contribution in [2.24, 2.45) is 11.7 Å². The third-order valence-electron chi connectivity index (χ3n) is 4.08. The van der Waals surface area contributed by atoms with Crippen LogP contribution in [0.25, 0.3) is 0 Å². The van der Waals surface area contributed by atoms with Crippen LogP contribution < -0.4 is 5.73 Å². The molecule has 1 heterocycles. The SMILES string of the molecule is CC1(C)C[C@H]([C@H](CCN)c2ccc(F)cc2)CCO1. The number of halogens is 1. The van der Waals surface area contributed by atoms with Crippen molar-refractivity contribution in [1.29, 1.82) is 0 Å². The van der Waals surface area contributed by atoms with Gasteiger partial charge in [-0.1, -0.05) is 12.1 Å². The lowest BCUT2D eigenvalue weighted by molar-refractivity contribution is -0.0771. The Bertz CT molecular complexity index is 402. The largest absolute Gasteiger partial charge is 0.376 e. The van der Waals surface area contributed by atoms with Gasteiger partial charge in [0.25, 0.3) is 0 Å². The van der Waals surface area contributed by atoms with Crippen molar-refractivity contribution in [1.82, 2.24) is 0 Å². The van der Waals surface area contributed by atoms with Crippen LogP contribution in [-0.2, 0) is 4.74 Å². The summed E-state index contributed by atoms with van der Waals surface area (Å²) in [4.78, 5) is 0. The maximum Gasteiger partial charge on any atom is 0.123 e. The summed E-state index contributed by atoms with van der Waals surface area (Å²) in [6, 6.07) is 6.89. The number of nitrogens with two attached hydrogens (primary N) is 1. The van der Waals surface area contributed by atoms with Crippen molar-refractivity contribution < 1.29 is 9.13 Å². The van der Waals surface area contributed by atoms with Crippen LogP contribution in [0.2, 0.25) is 0 Å². The number of hydrogen-bond donors (Lipinski definition) is 1. The minimum Gasteiger partial charge on any atom is -0.376 e. The van der Waals surface area contributed by atoms with Gasteiger partial charge in [-0.05, 0) is 69.2 Å². The summed E-state index contributed by atoms with van der Waals surface area (Å²) in [5.74, 6) is 0.800. The second-order valence-electron chi connectivity index (χ2n) is 6.10. The van der Waals surface area contributed by atoms with Gasteiger partial charge in [-0.2, -0.15) is 0 Å². The molecule has 0 unspecified atom stereocenters. The Morgan fingerprint density at radius 1 is 1.37 bits per heavy atom. The van der Waals surface area contributed by atoms with Gasteiger partial charge in [0.1, 0.15) is 5.82 Å². The Morgan fingerprint density at radius 3 is 2.63 bits per heavy atom. The fourth-order valence-electron chi connectivity index (χ4n) is 3.19. The zero-order chi connectivity index (χ0) is 13.9. The van der Waals surface area contributed by atoms with Gasteiger partial charge in [-0.15, -0.1) is 0 Å². The summed E-state index contributed by atoms with van der Waals surface area (Å²) in [6.45, 7) is 5.76. The van der Waals surface area contributed by atoms with Gasteiger partial charge < -0.3 is 10.5 Å². The van der Waals surface area contributed by atoms with E-state index in [-0.39, 0.29) is 11.4 Å². The average molecular weight is 265 g/mol. The third kappa shape index (κ3) is 3.77. The summed E-state index contributed by atoms with van der Waals surface area (Å²) in [5, 5.41) is 0. The van der Waals surface area contributed by atoms with Gasteiger partial charge in [0.05, 0.1) is 5.60 Å². The van der Waals surface area contributed by atoms with E-state index in [0.29, 0.717) is 18.4 Å². The van der Waals surface area contributed by atoms with Crippen molar-refractivity contribution in [3.05, 3.63) is 35.6 Å². The standard InChI is InChI=1S/C16H24FNO/c1-16(2)11-13(8-10-19-16)15(7-9-18)12-3-5-14(17)6-4-12/h3-6,13,15H,7-11,18H2,1-2H3/t13-,15-/m1/s1. The molecule has 2 atom stereocenters. The van der Waals surface area contributed by atoms with E-state index in [2.05, 4.69) is 13.8 Å². The average Bonchev–Trinajstić information content (AvgIpc) is 2.36. The second-order valence-corrected chi connectivity index (χ2v) is 6.10. The van der Waals surface area contributed by atoms with Crippen LogP contribution >= 0.6 is 0 Å². The summed E-state index contributed by atoms with van der Waals surface area (Å²) in [6.07, 6.45) is 3.05. The first-order valence-electron chi connectivity index (χ1n) is 7.11. The Hall–Kier alpha value is -0.930. The fourth-order valence-corrected chi connectivity index (χ4v) is 3.19. The molecule has 0 amide bonds. The zero-order valence-corrected chi connectivity index (χ0v) is 11.9. The van der Waals surface area contributed by atoms with Crippen molar-refractivity contribution in [2.45, 2.75) is 44.6 Å². The molecule has 1 fully saturated rings. The lowest BCUT2D eigenvalue weighted by Crippen LogP contribution is -2.36. The van der Waals surface area contributed by atoms with Gasteiger partial charge in [0.15, 0.2) is 0 Å². The van der Waals surface area contributed by atoms with Crippen LogP contribution in [0.3, 0.4) is 0 Å². The Morgan fingerprint density at radius 2 is 2.05 bits per heavy atom. The molecule has 0 spiro atoms. The van der Waals surface area contributed by atoms with Gasteiger partial charge in [0, 0.05) is 6.61 Å². The molecule has 0 saturated carbocycles.